The molecule has 2 fully saturated rings. The Balaban J connectivity index is 1.05. The average Bonchev–Trinajstić information content (AvgIpc) is 0.752. The van der Waals surface area contributed by atoms with Crippen molar-refractivity contribution >= 4 is 75.7 Å². The fraction of sp³-hybridized carbons (Fsp3) is 0.493. The van der Waals surface area contributed by atoms with Gasteiger partial charge in [-0.15, -0.1) is 0 Å². The first-order valence-corrected chi connectivity index (χ1v) is 32.2. The van der Waals surface area contributed by atoms with Crippen LogP contribution in [0, 0.1) is 11.8 Å². The van der Waals surface area contributed by atoms with Gasteiger partial charge in [-0.3, -0.25) is 9.59 Å². The van der Waals surface area contributed by atoms with Gasteiger partial charge in [-0.25, -0.2) is 24.0 Å². The van der Waals surface area contributed by atoms with Gasteiger partial charge in [-0.1, -0.05) is 47.5 Å². The minimum Gasteiger partial charge on any atom is -0.507 e. The number of benzene rings is 4. The lowest BCUT2D eigenvalue weighted by Crippen LogP contribution is -2.44. The number of ether oxygens (including phenoxy) is 6. The monoisotopic (exact) mass is 1340 g/mol. The number of alkyl carbamates (subject to hydrolysis) is 2. The summed E-state index contributed by atoms with van der Waals surface area (Å²) < 4.78 is 48.5. The molecule has 23 nitrogen and oxygen atoms in total. The lowest BCUT2D eigenvalue weighted by Gasteiger charge is -2.42. The van der Waals surface area contributed by atoms with Crippen LogP contribution in [0.2, 0.25) is 10.0 Å². The number of nitrogens with one attached hydrogen (secondary N) is 4. The summed E-state index contributed by atoms with van der Waals surface area (Å²) in [6.07, 6.45) is -2.05. The number of phenols is 2. The van der Waals surface area contributed by atoms with E-state index in [4.69, 9.17) is 60.5 Å². The predicted molar refractivity (Wildman–Crippen MR) is 357 cm³/mol. The normalized spacial score (nSPS) is 17.4. The van der Waals surface area contributed by atoms with Gasteiger partial charge in [-0.2, -0.15) is 0 Å². The molecule has 4 atom stereocenters. The molecule has 4 unspecified atom stereocenters. The zero-order valence-electron chi connectivity index (χ0n) is 55.3. The van der Waals surface area contributed by atoms with E-state index in [9.17, 15) is 43.8 Å². The third-order valence-electron chi connectivity index (χ3n) is 16.1. The number of aromatic hydroxyl groups is 2. The van der Waals surface area contributed by atoms with E-state index in [1.54, 1.807) is 118 Å². The number of piperidine rings is 2. The van der Waals surface area contributed by atoms with Crippen molar-refractivity contribution in [3.05, 3.63) is 114 Å². The van der Waals surface area contributed by atoms with Crippen LogP contribution in [0.1, 0.15) is 131 Å². The minimum absolute atomic E-state index is 0.0233. The van der Waals surface area contributed by atoms with Gasteiger partial charge in [-0.05, 0) is 183 Å². The van der Waals surface area contributed by atoms with E-state index < -0.39 is 99.0 Å². The number of halogens is 2. The van der Waals surface area contributed by atoms with Crippen molar-refractivity contribution in [2.24, 2.45) is 11.8 Å². The average molecular weight is 1340 g/mol. The molecule has 6 N–H and O–H groups in total. The third-order valence-corrected chi connectivity index (χ3v) is 16.7. The van der Waals surface area contributed by atoms with Crippen LogP contribution in [-0.2, 0) is 18.9 Å². The van der Waals surface area contributed by atoms with Crippen molar-refractivity contribution in [3.63, 3.8) is 0 Å². The lowest BCUT2D eigenvalue weighted by molar-refractivity contribution is -0.0774. The zero-order valence-corrected chi connectivity index (χ0v) is 56.8. The number of carbonyl (C=O) groups excluding carboxylic acids is 5. The number of rotatable bonds is 20. The quantitative estimate of drug-likeness (QED) is 0.0235. The maximum absolute atomic E-state index is 14.4. The second-order valence-corrected chi connectivity index (χ2v) is 28.2. The van der Waals surface area contributed by atoms with Gasteiger partial charge < -0.3 is 78.5 Å². The number of fused-ring (bicyclic) bond motifs is 2. The molecule has 0 saturated carbocycles. The van der Waals surface area contributed by atoms with E-state index in [-0.39, 0.29) is 84.0 Å². The molecule has 2 aromatic heterocycles. The molecule has 2 aliphatic rings. The SMILES string of the molecule is CN1CCC(c2c(OC(=O)NCCCNC(=O)OC(C)(C)C)cc(O)c3c(=O)cc(-c4ccccc4Cl)oc23)C(CC(C)(C)OC(=O)OC(C)(C)CC2CN(C)CCC2c2c(OC(=O)NCCCNC(=O)OC(C)(C)C)cc(O)c3c(=O)cc(-c4ccccc4Cl)oc23)C1. The Morgan fingerprint density at radius 1 is 0.532 bits per heavy atom. The first-order chi connectivity index (χ1) is 44.1. The fourth-order valence-electron chi connectivity index (χ4n) is 12.3. The summed E-state index contributed by atoms with van der Waals surface area (Å²) in [4.78, 5) is 98.9. The summed E-state index contributed by atoms with van der Waals surface area (Å²) in [6, 6.07) is 18.5. The maximum atomic E-state index is 14.4. The van der Waals surface area contributed by atoms with Crippen LogP contribution in [0.5, 0.6) is 23.0 Å². The number of amides is 4. The van der Waals surface area contributed by atoms with E-state index >= 15 is 0 Å². The van der Waals surface area contributed by atoms with Crippen molar-refractivity contribution < 1.29 is 71.4 Å². The molecule has 0 aliphatic carbocycles. The van der Waals surface area contributed by atoms with Gasteiger partial charge in [0, 0.05) is 85.8 Å². The van der Waals surface area contributed by atoms with Gasteiger partial charge in [0.1, 0.15) is 78.9 Å². The molecule has 0 radical (unpaired) electrons. The smallest absolute Gasteiger partial charge is 0.507 e. The van der Waals surface area contributed by atoms with Crippen molar-refractivity contribution in [2.45, 2.75) is 142 Å². The van der Waals surface area contributed by atoms with Gasteiger partial charge in [0.15, 0.2) is 10.9 Å². The van der Waals surface area contributed by atoms with Crippen LogP contribution in [0.25, 0.3) is 44.6 Å². The molecule has 25 heteroatoms. The third kappa shape index (κ3) is 19.0. The van der Waals surface area contributed by atoms with E-state index in [1.807, 2.05) is 14.1 Å². The second kappa shape index (κ2) is 30.0. The molecule has 0 spiro atoms. The summed E-state index contributed by atoms with van der Waals surface area (Å²) in [7, 11) is 3.90. The van der Waals surface area contributed by atoms with Gasteiger partial charge >= 0.3 is 30.5 Å². The molecule has 508 valence electrons. The van der Waals surface area contributed by atoms with Crippen molar-refractivity contribution in [1.29, 1.82) is 0 Å². The van der Waals surface area contributed by atoms with Crippen molar-refractivity contribution in [2.75, 3.05) is 66.5 Å². The topological polar surface area (TPSA) is 296 Å². The Morgan fingerprint density at radius 3 is 1.23 bits per heavy atom. The highest BCUT2D eigenvalue weighted by Crippen LogP contribution is 2.50. The molecule has 8 rings (SSSR count). The Hall–Kier alpha value is -8.25. The Bertz CT molecular complexity index is 3650. The largest absolute Gasteiger partial charge is 0.509 e. The number of hydrogen-bond donors (Lipinski definition) is 6. The van der Waals surface area contributed by atoms with Crippen LogP contribution in [0.4, 0.5) is 24.0 Å². The molecule has 2 aliphatic heterocycles. The second-order valence-electron chi connectivity index (χ2n) is 27.3. The Kier molecular flexibility index (Phi) is 22.9. The standard InChI is InChI=1S/C69H86Cl2N6O17/c1-66(2,3)91-63(84)74-27-17-25-72-61(82)89-53-33-49(80)57-47(78)31-51(43-19-13-15-21-45(43)70)87-59(57)55(53)41-23-29-76(11)37-39(41)35-68(7,8)93-65(86)94-69(9,10)36-40-38-77(12)30-24-42(40)56-54(90-62(83)73-26-18-28-75-64(85)92-67(4,5)6)34-50(81)58-48(79)32-52(88-60(56)58)44-20-14-16-22-46(44)71/h13-16,19-22,31-34,39-42,80-81H,17-18,23-30,35-38H2,1-12H3,(H,72,82)(H,73,83)(H,74,84)(H,75,85). The van der Waals surface area contributed by atoms with E-state index in [0.717, 1.165) is 0 Å². The summed E-state index contributed by atoms with van der Waals surface area (Å²) in [5.41, 5.74) is -3.62. The summed E-state index contributed by atoms with van der Waals surface area (Å²) in [5, 5.41) is 34.2. The number of carbonyl (C=O) groups is 5. The molecule has 2 saturated heterocycles. The van der Waals surface area contributed by atoms with Crippen LogP contribution in [0.3, 0.4) is 0 Å². The molecule has 4 amide bonds. The highest BCUT2D eigenvalue weighted by Gasteiger charge is 2.43. The van der Waals surface area contributed by atoms with Crippen molar-refractivity contribution in [3.8, 4) is 45.6 Å². The van der Waals surface area contributed by atoms with E-state index in [2.05, 4.69) is 31.1 Å². The zero-order chi connectivity index (χ0) is 68.6. The number of phenolic OH excluding ortho intramolecular Hbond substituents is 2. The predicted octanol–water partition coefficient (Wildman–Crippen LogP) is 13.2. The van der Waals surface area contributed by atoms with Gasteiger partial charge in [0.2, 0.25) is 0 Å². The number of hydrogen-bond acceptors (Lipinski definition) is 19. The van der Waals surface area contributed by atoms with Crippen LogP contribution in [0.15, 0.2) is 91.2 Å². The number of likely N-dealkylation sites (tertiary alicyclic amines) is 2. The summed E-state index contributed by atoms with van der Waals surface area (Å²) in [5.74, 6) is -2.80. The molecule has 4 heterocycles. The maximum Gasteiger partial charge on any atom is 0.509 e. The molecule has 6 aromatic rings. The van der Waals surface area contributed by atoms with Gasteiger partial charge in [0.25, 0.3) is 0 Å². The lowest BCUT2D eigenvalue weighted by atomic mass is 9.74. The van der Waals surface area contributed by atoms with Crippen molar-refractivity contribution in [1.82, 2.24) is 31.1 Å². The first-order valence-electron chi connectivity index (χ1n) is 31.5. The summed E-state index contributed by atoms with van der Waals surface area (Å²) >= 11 is 13.3. The van der Waals surface area contributed by atoms with Gasteiger partial charge in [0.05, 0.1) is 10.0 Å². The minimum atomic E-state index is -1.24. The van der Waals surface area contributed by atoms with E-state index in [1.165, 1.54) is 24.3 Å². The van der Waals surface area contributed by atoms with Crippen LogP contribution >= 0.6 is 23.2 Å². The number of nitrogens with zero attached hydrogens (tertiary/aromatic N) is 2. The fourth-order valence-corrected chi connectivity index (χ4v) is 12.8. The van der Waals surface area contributed by atoms with E-state index in [0.29, 0.717) is 84.2 Å². The highest BCUT2D eigenvalue weighted by atomic mass is 35.5. The first kappa shape index (κ1) is 71.6. The molecular formula is C69H86Cl2N6O17. The molecule has 4 aromatic carbocycles. The highest BCUT2D eigenvalue weighted by molar-refractivity contribution is 6.33. The Labute approximate surface area is 556 Å². The molecule has 94 heavy (non-hydrogen) atoms. The molecule has 0 bridgehead atoms. The van der Waals surface area contributed by atoms with Crippen LogP contribution in [-0.4, -0.2) is 139 Å². The summed E-state index contributed by atoms with van der Waals surface area (Å²) in [6.45, 7) is 20.0. The van der Waals surface area contributed by atoms with Crippen LogP contribution < -0.4 is 41.6 Å². The molecular weight excluding hydrogens is 1260 g/mol. The Morgan fingerprint density at radius 2 is 0.883 bits per heavy atom.